The molecule has 1 fully saturated rings. The summed E-state index contributed by atoms with van der Waals surface area (Å²) in [6, 6.07) is 6.98. The molecule has 0 radical (unpaired) electrons. The lowest BCUT2D eigenvalue weighted by molar-refractivity contribution is 0.583. The van der Waals surface area contributed by atoms with Crippen LogP contribution in [0.2, 0.25) is 0 Å². The fraction of sp³-hybridized carbons (Fsp3) is 0.600. The molecule has 15 heavy (non-hydrogen) atoms. The van der Waals surface area contributed by atoms with Crippen molar-refractivity contribution in [3.8, 4) is 0 Å². The Hall–Kier alpha value is -0.780. The lowest BCUT2D eigenvalue weighted by Gasteiger charge is -2.23. The number of benzene rings is 1. The minimum atomic E-state index is 0.311. The summed E-state index contributed by atoms with van der Waals surface area (Å²) in [6.07, 6.45) is 5.61. The van der Waals surface area contributed by atoms with E-state index in [2.05, 4.69) is 39.0 Å². The maximum atomic E-state index is 2.38. The van der Waals surface area contributed by atoms with Crippen LogP contribution in [0.25, 0.3) is 0 Å². The number of fused-ring (bicyclic) bond motifs is 2. The van der Waals surface area contributed by atoms with E-state index in [0.29, 0.717) is 10.8 Å². The van der Waals surface area contributed by atoms with Crippen LogP contribution in [0.1, 0.15) is 56.7 Å². The predicted molar refractivity (Wildman–Crippen MR) is 64.4 cm³/mol. The molecular formula is C15H20. The smallest absolute Gasteiger partial charge is 0.00403 e. The van der Waals surface area contributed by atoms with Crippen molar-refractivity contribution in [2.24, 2.45) is 0 Å². The Morgan fingerprint density at radius 2 is 1.80 bits per heavy atom. The standard InChI is InChI=1S/C15H20/c1-14(2,3)12-5-4-6-13-11(12)7-8-15(13)9-10-15/h4-6H,7-10H2,1-3H3. The second kappa shape index (κ2) is 2.66. The molecule has 2 aliphatic rings. The fourth-order valence-electron chi connectivity index (χ4n) is 3.22. The second-order valence-electron chi connectivity index (χ2n) is 6.36. The third kappa shape index (κ3) is 1.27. The van der Waals surface area contributed by atoms with Crippen molar-refractivity contribution in [2.75, 3.05) is 0 Å². The van der Waals surface area contributed by atoms with Crippen LogP contribution in [-0.4, -0.2) is 0 Å². The number of hydrogen-bond donors (Lipinski definition) is 0. The largest absolute Gasteiger partial charge is 0.0617 e. The minimum Gasteiger partial charge on any atom is -0.0617 e. The first-order valence-electron chi connectivity index (χ1n) is 6.16. The number of hydrogen-bond acceptors (Lipinski definition) is 0. The van der Waals surface area contributed by atoms with E-state index in [1.807, 2.05) is 0 Å². The highest BCUT2D eigenvalue weighted by Gasteiger charge is 2.49. The van der Waals surface area contributed by atoms with Gasteiger partial charge in [-0.1, -0.05) is 39.0 Å². The Balaban J connectivity index is 2.17. The Kier molecular flexibility index (Phi) is 1.68. The van der Waals surface area contributed by atoms with Gasteiger partial charge >= 0.3 is 0 Å². The summed E-state index contributed by atoms with van der Waals surface area (Å²) >= 11 is 0. The van der Waals surface area contributed by atoms with Gasteiger partial charge in [0, 0.05) is 0 Å². The molecule has 0 unspecified atom stereocenters. The Morgan fingerprint density at radius 3 is 2.40 bits per heavy atom. The van der Waals surface area contributed by atoms with Crippen molar-refractivity contribution in [3.05, 3.63) is 34.9 Å². The van der Waals surface area contributed by atoms with Crippen molar-refractivity contribution in [1.82, 2.24) is 0 Å². The van der Waals surface area contributed by atoms with Gasteiger partial charge in [-0.25, -0.2) is 0 Å². The highest BCUT2D eigenvalue weighted by molar-refractivity contribution is 5.49. The van der Waals surface area contributed by atoms with Gasteiger partial charge in [-0.05, 0) is 53.2 Å². The summed E-state index contributed by atoms with van der Waals surface area (Å²) in [6.45, 7) is 7.00. The summed E-state index contributed by atoms with van der Waals surface area (Å²) < 4.78 is 0. The van der Waals surface area contributed by atoms with E-state index >= 15 is 0 Å². The molecule has 0 amide bonds. The Labute approximate surface area is 92.7 Å². The van der Waals surface area contributed by atoms with Gasteiger partial charge in [0.05, 0.1) is 0 Å². The highest BCUT2D eigenvalue weighted by Crippen LogP contribution is 2.57. The summed E-state index contributed by atoms with van der Waals surface area (Å²) in [5, 5.41) is 0. The van der Waals surface area contributed by atoms with Gasteiger partial charge in [0.25, 0.3) is 0 Å². The van der Waals surface area contributed by atoms with E-state index in [9.17, 15) is 0 Å². The van der Waals surface area contributed by atoms with Gasteiger partial charge in [0.1, 0.15) is 0 Å². The zero-order valence-electron chi connectivity index (χ0n) is 10.1. The van der Waals surface area contributed by atoms with Gasteiger partial charge in [-0.3, -0.25) is 0 Å². The molecule has 0 atom stereocenters. The molecule has 1 aromatic carbocycles. The van der Waals surface area contributed by atoms with Crippen LogP contribution in [0.4, 0.5) is 0 Å². The molecule has 0 saturated heterocycles. The van der Waals surface area contributed by atoms with E-state index in [1.54, 1.807) is 16.7 Å². The molecule has 1 saturated carbocycles. The lowest BCUT2D eigenvalue weighted by atomic mass is 9.82. The molecular weight excluding hydrogens is 180 g/mol. The average Bonchev–Trinajstić information content (AvgIpc) is 2.83. The molecule has 1 spiro atoms. The van der Waals surface area contributed by atoms with E-state index in [-0.39, 0.29) is 0 Å². The van der Waals surface area contributed by atoms with Crippen LogP contribution in [0, 0.1) is 0 Å². The Morgan fingerprint density at radius 1 is 1.07 bits per heavy atom. The zero-order valence-corrected chi connectivity index (χ0v) is 10.1. The second-order valence-corrected chi connectivity index (χ2v) is 6.36. The topological polar surface area (TPSA) is 0 Å². The molecule has 3 rings (SSSR count). The fourth-order valence-corrected chi connectivity index (χ4v) is 3.22. The first-order valence-corrected chi connectivity index (χ1v) is 6.16. The minimum absolute atomic E-state index is 0.311. The molecule has 0 N–H and O–H groups in total. The van der Waals surface area contributed by atoms with Gasteiger partial charge in [0.2, 0.25) is 0 Å². The van der Waals surface area contributed by atoms with Crippen LogP contribution in [0.5, 0.6) is 0 Å². The zero-order chi connectivity index (χ0) is 10.7. The van der Waals surface area contributed by atoms with Crippen molar-refractivity contribution >= 4 is 0 Å². The average molecular weight is 200 g/mol. The predicted octanol–water partition coefficient (Wildman–Crippen LogP) is 3.96. The summed E-state index contributed by atoms with van der Waals surface area (Å²) in [7, 11) is 0. The maximum absolute atomic E-state index is 2.38. The quantitative estimate of drug-likeness (QED) is 0.594. The van der Waals surface area contributed by atoms with Crippen LogP contribution < -0.4 is 0 Å². The molecule has 0 heteroatoms. The third-order valence-electron chi connectivity index (χ3n) is 4.26. The molecule has 0 heterocycles. The van der Waals surface area contributed by atoms with Crippen LogP contribution in [-0.2, 0) is 17.3 Å². The van der Waals surface area contributed by atoms with Crippen molar-refractivity contribution in [3.63, 3.8) is 0 Å². The van der Waals surface area contributed by atoms with Gasteiger partial charge in [0.15, 0.2) is 0 Å². The molecule has 0 nitrogen and oxygen atoms in total. The van der Waals surface area contributed by atoms with E-state index in [4.69, 9.17) is 0 Å². The molecule has 0 aromatic heterocycles. The summed E-state index contributed by atoms with van der Waals surface area (Å²) in [4.78, 5) is 0. The van der Waals surface area contributed by atoms with E-state index in [0.717, 1.165) is 0 Å². The maximum Gasteiger partial charge on any atom is -0.00403 e. The van der Waals surface area contributed by atoms with Gasteiger partial charge in [-0.15, -0.1) is 0 Å². The third-order valence-corrected chi connectivity index (χ3v) is 4.26. The van der Waals surface area contributed by atoms with E-state index < -0.39 is 0 Å². The summed E-state index contributed by atoms with van der Waals surface area (Å²) in [5.41, 5.74) is 5.91. The van der Waals surface area contributed by atoms with Crippen LogP contribution >= 0.6 is 0 Å². The monoisotopic (exact) mass is 200 g/mol. The van der Waals surface area contributed by atoms with Gasteiger partial charge < -0.3 is 0 Å². The molecule has 1 aromatic rings. The number of rotatable bonds is 0. The lowest BCUT2D eigenvalue weighted by Crippen LogP contribution is -2.14. The van der Waals surface area contributed by atoms with Crippen molar-refractivity contribution < 1.29 is 0 Å². The first kappa shape index (κ1) is 9.45. The van der Waals surface area contributed by atoms with Crippen molar-refractivity contribution in [1.29, 1.82) is 0 Å². The highest BCUT2D eigenvalue weighted by atomic mass is 14.5. The molecule has 80 valence electrons. The molecule has 0 aliphatic heterocycles. The van der Waals surface area contributed by atoms with E-state index in [1.165, 1.54) is 25.7 Å². The van der Waals surface area contributed by atoms with Gasteiger partial charge in [-0.2, -0.15) is 0 Å². The molecule has 2 aliphatic carbocycles. The summed E-state index contributed by atoms with van der Waals surface area (Å²) in [5.74, 6) is 0. The first-order chi connectivity index (χ1) is 7.03. The van der Waals surface area contributed by atoms with Crippen molar-refractivity contribution in [2.45, 2.75) is 57.3 Å². The Bertz CT molecular complexity index is 403. The SMILES string of the molecule is CC(C)(C)c1cccc2c1CCC21CC1. The normalized spacial score (nSPS) is 21.8. The molecule has 0 bridgehead atoms. The van der Waals surface area contributed by atoms with Crippen LogP contribution in [0.15, 0.2) is 18.2 Å². The van der Waals surface area contributed by atoms with Crippen LogP contribution in [0.3, 0.4) is 0 Å².